The second-order valence-corrected chi connectivity index (χ2v) is 4.99. The monoisotopic (exact) mass is 258 g/mol. The minimum atomic E-state index is -0.223. The van der Waals surface area contributed by atoms with Crippen LogP contribution < -0.4 is 11.3 Å². The van der Waals surface area contributed by atoms with Crippen LogP contribution in [0.4, 0.5) is 4.39 Å². The molecule has 0 spiro atoms. The van der Waals surface area contributed by atoms with Gasteiger partial charge in [0.1, 0.15) is 5.82 Å². The maximum absolute atomic E-state index is 13.6. The van der Waals surface area contributed by atoms with E-state index in [0.717, 1.165) is 12.8 Å². The lowest BCUT2D eigenvalue weighted by Gasteiger charge is -2.19. The molecule has 0 aliphatic rings. The Bertz CT molecular complexity index is 357. The van der Waals surface area contributed by atoms with Crippen LogP contribution in [0, 0.1) is 11.7 Å². The van der Waals surface area contributed by atoms with Crippen LogP contribution in [0.15, 0.2) is 18.2 Å². The van der Waals surface area contributed by atoms with Crippen LogP contribution >= 0.6 is 11.6 Å². The summed E-state index contributed by atoms with van der Waals surface area (Å²) in [6.45, 7) is 4.30. The van der Waals surface area contributed by atoms with Crippen molar-refractivity contribution in [3.63, 3.8) is 0 Å². The second kappa shape index (κ2) is 6.94. The molecule has 0 radical (unpaired) electrons. The van der Waals surface area contributed by atoms with Gasteiger partial charge < -0.3 is 0 Å². The molecule has 17 heavy (non-hydrogen) atoms. The summed E-state index contributed by atoms with van der Waals surface area (Å²) in [5.74, 6) is 5.85. The number of nitrogens with two attached hydrogens (primary N) is 1. The Morgan fingerprint density at radius 1 is 1.47 bits per heavy atom. The van der Waals surface area contributed by atoms with Crippen molar-refractivity contribution in [2.75, 3.05) is 0 Å². The molecule has 96 valence electrons. The largest absolute Gasteiger partial charge is 0.271 e. The van der Waals surface area contributed by atoms with Gasteiger partial charge >= 0.3 is 0 Å². The van der Waals surface area contributed by atoms with Crippen molar-refractivity contribution in [3.05, 3.63) is 34.6 Å². The molecule has 0 aromatic heterocycles. The van der Waals surface area contributed by atoms with Crippen LogP contribution in [0.5, 0.6) is 0 Å². The van der Waals surface area contributed by atoms with Gasteiger partial charge in [-0.25, -0.2) is 4.39 Å². The first-order valence-electron chi connectivity index (χ1n) is 5.96. The highest BCUT2D eigenvalue weighted by molar-refractivity contribution is 6.30. The molecule has 1 aromatic carbocycles. The zero-order valence-corrected chi connectivity index (χ0v) is 11.1. The van der Waals surface area contributed by atoms with Gasteiger partial charge in [0.25, 0.3) is 0 Å². The van der Waals surface area contributed by atoms with Crippen LogP contribution in [0.2, 0.25) is 5.02 Å². The van der Waals surface area contributed by atoms with E-state index < -0.39 is 0 Å². The number of hydrogen-bond donors (Lipinski definition) is 2. The van der Waals surface area contributed by atoms with E-state index in [9.17, 15) is 4.39 Å². The van der Waals surface area contributed by atoms with Gasteiger partial charge in [0.2, 0.25) is 0 Å². The van der Waals surface area contributed by atoms with E-state index in [1.54, 1.807) is 12.1 Å². The van der Waals surface area contributed by atoms with Gasteiger partial charge in [-0.05, 0) is 42.5 Å². The van der Waals surface area contributed by atoms with Crippen molar-refractivity contribution >= 4 is 11.6 Å². The zero-order valence-electron chi connectivity index (χ0n) is 10.3. The summed E-state index contributed by atoms with van der Waals surface area (Å²) in [4.78, 5) is 0. The molecule has 0 heterocycles. The van der Waals surface area contributed by atoms with Gasteiger partial charge in [-0.3, -0.25) is 11.3 Å². The van der Waals surface area contributed by atoms with E-state index in [-0.39, 0.29) is 11.9 Å². The normalized spacial score (nSPS) is 14.6. The molecule has 2 nitrogen and oxygen atoms in total. The van der Waals surface area contributed by atoms with Crippen molar-refractivity contribution in [1.82, 2.24) is 5.43 Å². The quantitative estimate of drug-likeness (QED) is 0.607. The standard InChI is InChI=1S/C13H20ClFN2/c1-3-9(2)6-12(17-16)8-10-7-11(14)4-5-13(10)15/h4-5,7,9,12,17H,3,6,8,16H2,1-2H3. The summed E-state index contributed by atoms with van der Waals surface area (Å²) in [5, 5.41) is 0.556. The van der Waals surface area contributed by atoms with E-state index >= 15 is 0 Å². The summed E-state index contributed by atoms with van der Waals surface area (Å²) >= 11 is 5.86. The molecule has 0 saturated carbocycles. The second-order valence-electron chi connectivity index (χ2n) is 4.55. The number of hydrogen-bond acceptors (Lipinski definition) is 2. The van der Waals surface area contributed by atoms with Crippen molar-refractivity contribution in [3.8, 4) is 0 Å². The Morgan fingerprint density at radius 3 is 2.76 bits per heavy atom. The highest BCUT2D eigenvalue weighted by Gasteiger charge is 2.14. The molecule has 3 N–H and O–H groups in total. The molecule has 0 aliphatic carbocycles. The fourth-order valence-corrected chi connectivity index (χ4v) is 2.02. The average molecular weight is 259 g/mol. The smallest absolute Gasteiger partial charge is 0.126 e. The fraction of sp³-hybridized carbons (Fsp3) is 0.538. The van der Waals surface area contributed by atoms with Crippen LogP contribution in [0.3, 0.4) is 0 Å². The first-order chi connectivity index (χ1) is 8.06. The van der Waals surface area contributed by atoms with E-state index in [0.29, 0.717) is 22.9 Å². The molecule has 1 aromatic rings. The van der Waals surface area contributed by atoms with Crippen molar-refractivity contribution in [2.24, 2.45) is 11.8 Å². The lowest BCUT2D eigenvalue weighted by Crippen LogP contribution is -2.38. The van der Waals surface area contributed by atoms with Crippen LogP contribution in [0.1, 0.15) is 32.3 Å². The summed E-state index contributed by atoms with van der Waals surface area (Å²) in [6.07, 6.45) is 2.59. The number of halogens is 2. The Kier molecular flexibility index (Phi) is 5.89. The van der Waals surface area contributed by atoms with E-state index in [4.69, 9.17) is 17.4 Å². The van der Waals surface area contributed by atoms with Gasteiger partial charge in [0, 0.05) is 11.1 Å². The van der Waals surface area contributed by atoms with Gasteiger partial charge in [0.05, 0.1) is 0 Å². The molecule has 0 fully saturated rings. The Labute approximate surface area is 107 Å². The van der Waals surface area contributed by atoms with Gasteiger partial charge in [0.15, 0.2) is 0 Å². The minimum Gasteiger partial charge on any atom is -0.271 e. The number of rotatable bonds is 6. The van der Waals surface area contributed by atoms with E-state index in [2.05, 4.69) is 19.3 Å². The average Bonchev–Trinajstić information content (AvgIpc) is 2.32. The maximum Gasteiger partial charge on any atom is 0.126 e. The Balaban J connectivity index is 2.69. The highest BCUT2D eigenvalue weighted by atomic mass is 35.5. The van der Waals surface area contributed by atoms with Gasteiger partial charge in [-0.2, -0.15) is 0 Å². The third kappa shape index (κ3) is 4.62. The summed E-state index contributed by atoms with van der Waals surface area (Å²) in [6, 6.07) is 4.70. The van der Waals surface area contributed by atoms with Gasteiger partial charge in [-0.15, -0.1) is 0 Å². The topological polar surface area (TPSA) is 38.0 Å². The van der Waals surface area contributed by atoms with Crippen LogP contribution in [0.25, 0.3) is 0 Å². The number of hydrazine groups is 1. The zero-order chi connectivity index (χ0) is 12.8. The molecule has 0 saturated heterocycles. The van der Waals surface area contributed by atoms with Gasteiger partial charge in [-0.1, -0.05) is 31.9 Å². The number of benzene rings is 1. The summed E-state index contributed by atoms with van der Waals surface area (Å²) in [5.41, 5.74) is 3.37. The summed E-state index contributed by atoms with van der Waals surface area (Å²) in [7, 11) is 0. The molecule has 0 aliphatic heterocycles. The molecule has 4 heteroatoms. The van der Waals surface area contributed by atoms with Crippen molar-refractivity contribution in [2.45, 2.75) is 39.2 Å². The first kappa shape index (κ1) is 14.4. The fourth-order valence-electron chi connectivity index (χ4n) is 1.83. The Hall–Kier alpha value is -0.640. The lowest BCUT2D eigenvalue weighted by molar-refractivity contribution is 0.393. The predicted octanol–water partition coefficient (Wildman–Crippen LogP) is 3.29. The molecular formula is C13H20ClFN2. The number of nitrogens with one attached hydrogen (secondary N) is 1. The molecule has 0 bridgehead atoms. The first-order valence-corrected chi connectivity index (χ1v) is 6.34. The highest BCUT2D eigenvalue weighted by Crippen LogP contribution is 2.19. The molecule has 2 unspecified atom stereocenters. The molecule has 2 atom stereocenters. The maximum atomic E-state index is 13.6. The van der Waals surface area contributed by atoms with E-state index in [1.165, 1.54) is 6.07 Å². The lowest BCUT2D eigenvalue weighted by atomic mass is 9.95. The SMILES string of the molecule is CCC(C)CC(Cc1cc(Cl)ccc1F)NN. The third-order valence-corrected chi connectivity index (χ3v) is 3.33. The molecular weight excluding hydrogens is 239 g/mol. The minimum absolute atomic E-state index is 0.0814. The van der Waals surface area contributed by atoms with Crippen molar-refractivity contribution in [1.29, 1.82) is 0 Å². The van der Waals surface area contributed by atoms with Crippen molar-refractivity contribution < 1.29 is 4.39 Å². The molecule has 1 rings (SSSR count). The predicted molar refractivity (Wildman–Crippen MR) is 70.3 cm³/mol. The Morgan fingerprint density at radius 2 is 2.18 bits per heavy atom. The van der Waals surface area contributed by atoms with Crippen LogP contribution in [-0.4, -0.2) is 6.04 Å². The summed E-state index contributed by atoms with van der Waals surface area (Å²) < 4.78 is 13.6. The molecule has 0 amide bonds. The van der Waals surface area contributed by atoms with E-state index in [1.807, 2.05) is 0 Å². The third-order valence-electron chi connectivity index (χ3n) is 3.09. The van der Waals surface area contributed by atoms with Crippen LogP contribution in [-0.2, 0) is 6.42 Å².